The number of halogens is 4. The van der Waals surface area contributed by atoms with E-state index in [1.165, 1.54) is 12.1 Å². The summed E-state index contributed by atoms with van der Waals surface area (Å²) in [5.41, 5.74) is 6.52. The molecule has 0 spiro atoms. The molecule has 0 heterocycles. The highest BCUT2D eigenvalue weighted by atomic mass is 79.9. The first-order valence-electron chi connectivity index (χ1n) is 4.15. The Morgan fingerprint density at radius 1 is 1.44 bits per heavy atom. The van der Waals surface area contributed by atoms with Crippen LogP contribution in [-0.4, -0.2) is 12.1 Å². The van der Waals surface area contributed by atoms with Crippen molar-refractivity contribution in [2.75, 3.05) is 11.1 Å². The molecule has 88 valence electrons. The fraction of sp³-hybridized carbons (Fsp3) is 0.222. The molecule has 0 radical (unpaired) electrons. The number of hydrogen-bond acceptors (Lipinski definition) is 2. The molecule has 0 aromatic heterocycles. The Balaban J connectivity index is 2.99. The maximum Gasteiger partial charge on any atom is 0.471 e. The summed E-state index contributed by atoms with van der Waals surface area (Å²) < 4.78 is 36.3. The number of amides is 1. The SMILES string of the molecule is Cc1cc(Br)c(NC(=O)C(F)(F)F)cc1N. The van der Waals surface area contributed by atoms with Crippen molar-refractivity contribution < 1.29 is 18.0 Å². The fourth-order valence-corrected chi connectivity index (χ4v) is 1.54. The Kier molecular flexibility index (Phi) is 3.47. The zero-order valence-electron chi connectivity index (χ0n) is 8.15. The molecule has 0 fully saturated rings. The van der Waals surface area contributed by atoms with Crippen LogP contribution < -0.4 is 11.1 Å². The van der Waals surface area contributed by atoms with Crippen LogP contribution in [0.25, 0.3) is 0 Å². The van der Waals surface area contributed by atoms with Gasteiger partial charge in [0.05, 0.1) is 5.69 Å². The molecule has 0 aliphatic carbocycles. The van der Waals surface area contributed by atoms with Gasteiger partial charge in [0.15, 0.2) is 0 Å². The van der Waals surface area contributed by atoms with Gasteiger partial charge in [-0.15, -0.1) is 0 Å². The molecule has 0 atom stereocenters. The molecule has 1 aromatic carbocycles. The number of anilines is 2. The molecule has 0 unspecified atom stereocenters. The van der Waals surface area contributed by atoms with Crippen LogP contribution in [0.4, 0.5) is 24.5 Å². The van der Waals surface area contributed by atoms with Crippen molar-refractivity contribution >= 4 is 33.2 Å². The predicted octanol–water partition coefficient (Wildman–Crippen LogP) is 2.84. The van der Waals surface area contributed by atoms with Crippen LogP contribution in [0.3, 0.4) is 0 Å². The second-order valence-electron chi connectivity index (χ2n) is 3.14. The van der Waals surface area contributed by atoms with Gasteiger partial charge >= 0.3 is 12.1 Å². The Morgan fingerprint density at radius 2 is 2.00 bits per heavy atom. The summed E-state index contributed by atoms with van der Waals surface area (Å²) in [6.45, 7) is 1.70. The van der Waals surface area contributed by atoms with Crippen LogP contribution in [-0.2, 0) is 4.79 Å². The van der Waals surface area contributed by atoms with E-state index in [1.54, 1.807) is 12.2 Å². The monoisotopic (exact) mass is 296 g/mol. The molecular weight excluding hydrogens is 289 g/mol. The minimum Gasteiger partial charge on any atom is -0.398 e. The quantitative estimate of drug-likeness (QED) is 0.783. The van der Waals surface area contributed by atoms with Gasteiger partial charge in [0.1, 0.15) is 0 Å². The third-order valence-corrected chi connectivity index (χ3v) is 2.52. The highest BCUT2D eigenvalue weighted by Crippen LogP contribution is 2.29. The number of nitrogen functional groups attached to an aromatic ring is 1. The smallest absolute Gasteiger partial charge is 0.398 e. The van der Waals surface area contributed by atoms with Gasteiger partial charge < -0.3 is 11.1 Å². The number of nitrogens with one attached hydrogen (secondary N) is 1. The summed E-state index contributed by atoms with van der Waals surface area (Å²) in [7, 11) is 0. The number of alkyl halides is 3. The van der Waals surface area contributed by atoms with Crippen LogP contribution >= 0.6 is 15.9 Å². The zero-order chi connectivity index (χ0) is 12.5. The topological polar surface area (TPSA) is 55.1 Å². The van der Waals surface area contributed by atoms with Crippen molar-refractivity contribution in [3.63, 3.8) is 0 Å². The molecule has 0 aliphatic heterocycles. The van der Waals surface area contributed by atoms with Gasteiger partial charge in [-0.3, -0.25) is 4.79 Å². The van der Waals surface area contributed by atoms with Crippen LogP contribution in [0.5, 0.6) is 0 Å². The van der Waals surface area contributed by atoms with Crippen LogP contribution in [0.15, 0.2) is 16.6 Å². The highest BCUT2D eigenvalue weighted by Gasteiger charge is 2.38. The average Bonchev–Trinajstić information content (AvgIpc) is 2.12. The lowest BCUT2D eigenvalue weighted by molar-refractivity contribution is -0.167. The largest absolute Gasteiger partial charge is 0.471 e. The summed E-state index contributed by atoms with van der Waals surface area (Å²) in [5.74, 6) is -2.03. The first-order chi connectivity index (χ1) is 7.21. The van der Waals surface area contributed by atoms with Crippen molar-refractivity contribution in [1.29, 1.82) is 0 Å². The number of benzene rings is 1. The van der Waals surface area contributed by atoms with Gasteiger partial charge in [-0.05, 0) is 40.5 Å². The average molecular weight is 297 g/mol. The van der Waals surface area contributed by atoms with Crippen molar-refractivity contribution in [3.05, 3.63) is 22.2 Å². The molecule has 7 heteroatoms. The molecule has 0 aliphatic rings. The molecule has 3 nitrogen and oxygen atoms in total. The van der Waals surface area contributed by atoms with Crippen molar-refractivity contribution in [3.8, 4) is 0 Å². The van der Waals surface area contributed by atoms with E-state index < -0.39 is 12.1 Å². The Bertz CT molecular complexity index is 431. The van der Waals surface area contributed by atoms with Gasteiger partial charge in [0, 0.05) is 10.2 Å². The zero-order valence-corrected chi connectivity index (χ0v) is 9.74. The number of nitrogens with two attached hydrogens (primary N) is 1. The van der Waals surface area contributed by atoms with E-state index in [1.807, 2.05) is 0 Å². The van der Waals surface area contributed by atoms with Gasteiger partial charge in [0.25, 0.3) is 0 Å². The molecule has 1 amide bonds. The van der Waals surface area contributed by atoms with Crippen LogP contribution in [0, 0.1) is 6.92 Å². The van der Waals surface area contributed by atoms with Crippen molar-refractivity contribution in [1.82, 2.24) is 0 Å². The van der Waals surface area contributed by atoms with Crippen LogP contribution in [0.1, 0.15) is 5.56 Å². The first-order valence-corrected chi connectivity index (χ1v) is 4.95. The minimum absolute atomic E-state index is 0.00887. The standard InChI is InChI=1S/C9H8BrF3N2O/c1-4-2-5(10)7(3-6(4)14)15-8(16)9(11,12)13/h2-3H,14H2,1H3,(H,15,16). The highest BCUT2D eigenvalue weighted by molar-refractivity contribution is 9.10. The maximum atomic E-state index is 12.0. The molecule has 0 saturated heterocycles. The van der Waals surface area contributed by atoms with E-state index in [4.69, 9.17) is 5.73 Å². The summed E-state index contributed by atoms with van der Waals surface area (Å²) in [5, 5.41) is 1.73. The minimum atomic E-state index is -4.92. The Morgan fingerprint density at radius 3 is 2.50 bits per heavy atom. The molecule has 0 bridgehead atoms. The van der Waals surface area contributed by atoms with Crippen molar-refractivity contribution in [2.45, 2.75) is 13.1 Å². The van der Waals surface area contributed by atoms with Gasteiger partial charge in [-0.1, -0.05) is 0 Å². The summed E-state index contributed by atoms with van der Waals surface area (Å²) >= 11 is 3.04. The number of rotatable bonds is 1. The third-order valence-electron chi connectivity index (χ3n) is 1.86. The van der Waals surface area contributed by atoms with E-state index >= 15 is 0 Å². The van der Waals surface area contributed by atoms with E-state index in [0.29, 0.717) is 15.7 Å². The summed E-state index contributed by atoms with van der Waals surface area (Å²) in [6.07, 6.45) is -4.92. The predicted molar refractivity (Wildman–Crippen MR) is 58.0 cm³/mol. The van der Waals surface area contributed by atoms with Gasteiger partial charge in [0.2, 0.25) is 0 Å². The van der Waals surface area contributed by atoms with E-state index in [-0.39, 0.29) is 5.69 Å². The van der Waals surface area contributed by atoms with Crippen LogP contribution in [0.2, 0.25) is 0 Å². The van der Waals surface area contributed by atoms with Crippen molar-refractivity contribution in [2.24, 2.45) is 0 Å². The lowest BCUT2D eigenvalue weighted by atomic mass is 10.2. The number of hydrogen-bond donors (Lipinski definition) is 2. The first kappa shape index (κ1) is 12.8. The molecule has 1 rings (SSSR count). The summed E-state index contributed by atoms with van der Waals surface area (Å²) in [6, 6.07) is 2.80. The lowest BCUT2D eigenvalue weighted by Crippen LogP contribution is -2.30. The number of aryl methyl sites for hydroxylation is 1. The Hall–Kier alpha value is -1.24. The second-order valence-corrected chi connectivity index (χ2v) is 3.99. The molecule has 0 saturated carbocycles. The number of carbonyl (C=O) groups excluding carboxylic acids is 1. The van der Waals surface area contributed by atoms with E-state index in [9.17, 15) is 18.0 Å². The molecule has 1 aromatic rings. The summed E-state index contributed by atoms with van der Waals surface area (Å²) in [4.78, 5) is 10.7. The molecule has 3 N–H and O–H groups in total. The Labute approximate surface area is 97.9 Å². The maximum absolute atomic E-state index is 12.0. The lowest BCUT2D eigenvalue weighted by Gasteiger charge is -2.11. The third kappa shape index (κ3) is 2.88. The molecular formula is C9H8BrF3N2O. The number of carbonyl (C=O) groups is 1. The second kappa shape index (κ2) is 4.32. The van der Waals surface area contributed by atoms with E-state index in [0.717, 1.165) is 0 Å². The van der Waals surface area contributed by atoms with Gasteiger partial charge in [-0.2, -0.15) is 13.2 Å². The normalized spacial score (nSPS) is 11.3. The van der Waals surface area contributed by atoms with Gasteiger partial charge in [-0.25, -0.2) is 0 Å². The van der Waals surface area contributed by atoms with E-state index in [2.05, 4.69) is 15.9 Å². The molecule has 16 heavy (non-hydrogen) atoms. The fourth-order valence-electron chi connectivity index (χ4n) is 0.978.